The Kier molecular flexibility index (Phi) is 4.57. The Bertz CT molecular complexity index is 652. The maximum absolute atomic E-state index is 9.09. The van der Waals surface area contributed by atoms with Gasteiger partial charge in [0.05, 0.1) is 23.6 Å². The molecule has 102 valence electrons. The van der Waals surface area contributed by atoms with Gasteiger partial charge in [-0.3, -0.25) is 0 Å². The van der Waals surface area contributed by atoms with Crippen LogP contribution in [0.5, 0.6) is 0 Å². The summed E-state index contributed by atoms with van der Waals surface area (Å²) in [6.07, 6.45) is 2.02. The van der Waals surface area contributed by atoms with E-state index in [2.05, 4.69) is 11.1 Å². The molecule has 0 spiro atoms. The first kappa shape index (κ1) is 14.3. The Morgan fingerprint density at radius 1 is 1.40 bits per heavy atom. The monoisotopic (exact) mass is 287 g/mol. The molecule has 0 aliphatic heterocycles. The fraction of sp³-hybridized carbons (Fsp3) is 0.200. The molecule has 20 heavy (non-hydrogen) atoms. The molecule has 0 radical (unpaired) electrons. The van der Waals surface area contributed by atoms with Crippen LogP contribution in [0.1, 0.15) is 5.56 Å². The van der Waals surface area contributed by atoms with Crippen LogP contribution in [0.4, 0.5) is 5.82 Å². The Balaban J connectivity index is 2.35. The SMILES string of the molecule is N#CC(CO)Cc1cccc(-c2cc(N)ncc2Cl)c1. The summed E-state index contributed by atoms with van der Waals surface area (Å²) in [6.45, 7) is -0.149. The molecule has 0 aliphatic rings. The molecule has 2 rings (SSSR count). The molecule has 5 heteroatoms. The summed E-state index contributed by atoms with van der Waals surface area (Å²) in [5.41, 5.74) is 8.37. The number of aromatic nitrogens is 1. The molecule has 1 aromatic heterocycles. The van der Waals surface area contributed by atoms with Crippen molar-refractivity contribution in [2.45, 2.75) is 6.42 Å². The molecule has 3 N–H and O–H groups in total. The van der Waals surface area contributed by atoms with Crippen LogP contribution in [0.3, 0.4) is 0 Å². The van der Waals surface area contributed by atoms with Crippen molar-refractivity contribution in [3.05, 3.63) is 47.1 Å². The summed E-state index contributed by atoms with van der Waals surface area (Å²) in [6, 6.07) is 11.5. The quantitative estimate of drug-likeness (QED) is 0.905. The molecule has 0 bridgehead atoms. The highest BCUT2D eigenvalue weighted by Crippen LogP contribution is 2.29. The number of hydrogen-bond acceptors (Lipinski definition) is 4. The van der Waals surface area contributed by atoms with Gasteiger partial charge in [0.2, 0.25) is 0 Å². The Morgan fingerprint density at radius 2 is 2.20 bits per heavy atom. The topological polar surface area (TPSA) is 82.9 Å². The van der Waals surface area contributed by atoms with E-state index < -0.39 is 5.92 Å². The molecule has 0 saturated heterocycles. The van der Waals surface area contributed by atoms with Gasteiger partial charge in [0, 0.05) is 11.8 Å². The number of aliphatic hydroxyl groups excluding tert-OH is 1. The zero-order chi connectivity index (χ0) is 14.5. The van der Waals surface area contributed by atoms with Gasteiger partial charge in [-0.25, -0.2) is 4.98 Å². The van der Waals surface area contributed by atoms with Gasteiger partial charge in [0.15, 0.2) is 0 Å². The lowest BCUT2D eigenvalue weighted by Crippen LogP contribution is -2.06. The van der Waals surface area contributed by atoms with Crippen molar-refractivity contribution in [1.29, 1.82) is 5.26 Å². The highest BCUT2D eigenvalue weighted by Gasteiger charge is 2.09. The Hall–Kier alpha value is -2.09. The molecular formula is C15H14ClN3O. The standard InChI is InChI=1S/C15H14ClN3O/c16-14-8-19-15(18)6-13(14)12-3-1-2-10(5-12)4-11(7-17)9-20/h1-3,5-6,8,11,20H,4,9H2,(H2,18,19). The normalized spacial score (nSPS) is 11.8. The van der Waals surface area contributed by atoms with Crippen molar-refractivity contribution >= 4 is 17.4 Å². The first-order valence-electron chi connectivity index (χ1n) is 6.15. The number of benzene rings is 1. The molecule has 2 aromatic rings. The minimum atomic E-state index is -0.400. The molecule has 1 heterocycles. The van der Waals surface area contributed by atoms with Gasteiger partial charge >= 0.3 is 0 Å². The zero-order valence-corrected chi connectivity index (χ0v) is 11.5. The molecule has 4 nitrogen and oxygen atoms in total. The number of halogens is 1. The van der Waals surface area contributed by atoms with E-state index in [0.29, 0.717) is 17.3 Å². The number of anilines is 1. The predicted molar refractivity (Wildman–Crippen MR) is 79.0 cm³/mol. The van der Waals surface area contributed by atoms with E-state index in [1.807, 2.05) is 24.3 Å². The van der Waals surface area contributed by atoms with Gasteiger partial charge in [0.1, 0.15) is 5.82 Å². The van der Waals surface area contributed by atoms with Crippen LogP contribution in [0.25, 0.3) is 11.1 Å². The second-order valence-corrected chi connectivity index (χ2v) is 4.91. The van der Waals surface area contributed by atoms with Crippen LogP contribution in [0.15, 0.2) is 36.5 Å². The summed E-state index contributed by atoms with van der Waals surface area (Å²) >= 11 is 6.13. The molecule has 0 aliphatic carbocycles. The largest absolute Gasteiger partial charge is 0.395 e. The number of nitrogen functional groups attached to an aromatic ring is 1. The number of hydrogen-bond donors (Lipinski definition) is 2. The van der Waals surface area contributed by atoms with E-state index >= 15 is 0 Å². The average Bonchev–Trinajstić information content (AvgIpc) is 2.47. The maximum atomic E-state index is 9.09. The lowest BCUT2D eigenvalue weighted by Gasteiger charge is -2.09. The van der Waals surface area contributed by atoms with Crippen molar-refractivity contribution in [2.75, 3.05) is 12.3 Å². The van der Waals surface area contributed by atoms with E-state index in [9.17, 15) is 0 Å². The van der Waals surface area contributed by atoms with Crippen LogP contribution in [-0.2, 0) is 6.42 Å². The van der Waals surface area contributed by atoms with Crippen LogP contribution in [-0.4, -0.2) is 16.7 Å². The van der Waals surface area contributed by atoms with Crippen LogP contribution in [0.2, 0.25) is 5.02 Å². The van der Waals surface area contributed by atoms with Gasteiger partial charge in [-0.2, -0.15) is 5.26 Å². The van der Waals surface area contributed by atoms with Gasteiger partial charge in [-0.05, 0) is 23.6 Å². The minimum absolute atomic E-state index is 0.149. The smallest absolute Gasteiger partial charge is 0.124 e. The summed E-state index contributed by atoms with van der Waals surface area (Å²) < 4.78 is 0. The molecule has 1 unspecified atom stereocenters. The molecule has 0 saturated carbocycles. The molecule has 1 atom stereocenters. The second-order valence-electron chi connectivity index (χ2n) is 4.50. The third-order valence-corrected chi connectivity index (χ3v) is 3.30. The number of pyridine rings is 1. The number of nitriles is 1. The van der Waals surface area contributed by atoms with Gasteiger partial charge in [-0.1, -0.05) is 35.9 Å². The fourth-order valence-electron chi connectivity index (χ4n) is 1.98. The lowest BCUT2D eigenvalue weighted by molar-refractivity contribution is 0.255. The third kappa shape index (κ3) is 3.27. The number of nitrogens with zero attached hydrogens (tertiary/aromatic N) is 2. The number of aliphatic hydroxyl groups is 1. The lowest BCUT2D eigenvalue weighted by atomic mass is 9.97. The van der Waals surface area contributed by atoms with Crippen LogP contribution < -0.4 is 5.73 Å². The maximum Gasteiger partial charge on any atom is 0.124 e. The zero-order valence-electron chi connectivity index (χ0n) is 10.8. The van der Waals surface area contributed by atoms with Crippen molar-refractivity contribution in [1.82, 2.24) is 4.98 Å². The minimum Gasteiger partial charge on any atom is -0.395 e. The van der Waals surface area contributed by atoms with Crippen molar-refractivity contribution in [3.63, 3.8) is 0 Å². The average molecular weight is 288 g/mol. The predicted octanol–water partition coefficient (Wildman–Crippen LogP) is 2.66. The van der Waals surface area contributed by atoms with Gasteiger partial charge in [0.25, 0.3) is 0 Å². The number of rotatable bonds is 4. The highest BCUT2D eigenvalue weighted by molar-refractivity contribution is 6.33. The van der Waals surface area contributed by atoms with E-state index in [1.165, 1.54) is 6.20 Å². The van der Waals surface area contributed by atoms with Crippen molar-refractivity contribution < 1.29 is 5.11 Å². The molecule has 0 amide bonds. The summed E-state index contributed by atoms with van der Waals surface area (Å²) in [5, 5.41) is 18.5. The van der Waals surface area contributed by atoms with E-state index in [4.69, 9.17) is 27.7 Å². The molecular weight excluding hydrogens is 274 g/mol. The summed E-state index contributed by atoms with van der Waals surface area (Å²) in [4.78, 5) is 3.93. The molecule has 0 fully saturated rings. The number of nitrogens with two attached hydrogens (primary N) is 1. The Labute approximate surface area is 122 Å². The van der Waals surface area contributed by atoms with Crippen LogP contribution >= 0.6 is 11.6 Å². The van der Waals surface area contributed by atoms with E-state index in [-0.39, 0.29) is 6.61 Å². The third-order valence-electron chi connectivity index (χ3n) is 3.00. The fourth-order valence-corrected chi connectivity index (χ4v) is 2.19. The van der Waals surface area contributed by atoms with Crippen molar-refractivity contribution in [2.24, 2.45) is 5.92 Å². The van der Waals surface area contributed by atoms with Gasteiger partial charge in [-0.15, -0.1) is 0 Å². The second kappa shape index (κ2) is 6.38. The van der Waals surface area contributed by atoms with Crippen molar-refractivity contribution in [3.8, 4) is 17.2 Å². The summed E-state index contributed by atoms with van der Waals surface area (Å²) in [7, 11) is 0. The van der Waals surface area contributed by atoms with E-state index in [1.54, 1.807) is 6.07 Å². The Morgan fingerprint density at radius 3 is 2.90 bits per heavy atom. The summed E-state index contributed by atoms with van der Waals surface area (Å²) in [5.74, 6) is 0.00305. The molecule has 1 aromatic carbocycles. The van der Waals surface area contributed by atoms with Gasteiger partial charge < -0.3 is 10.8 Å². The first-order chi connectivity index (χ1) is 9.63. The first-order valence-corrected chi connectivity index (χ1v) is 6.52. The van der Waals surface area contributed by atoms with E-state index in [0.717, 1.165) is 16.7 Å². The highest BCUT2D eigenvalue weighted by atomic mass is 35.5. The van der Waals surface area contributed by atoms with Crippen LogP contribution in [0, 0.1) is 17.2 Å².